The lowest BCUT2D eigenvalue weighted by molar-refractivity contribution is 0.199. The minimum atomic E-state index is -0.273. The molecular weight excluding hydrogens is 350 g/mol. The molecule has 0 saturated heterocycles. The normalized spacial score (nSPS) is 11.9. The highest BCUT2D eigenvalue weighted by atomic mass is 15.4. The Morgan fingerprint density at radius 1 is 0.517 bits per heavy atom. The molecule has 4 aromatic rings. The topological polar surface area (TPSA) is 0 Å². The molecule has 0 aliphatic rings. The average Bonchev–Trinajstić information content (AvgIpc) is 2.80. The molecule has 0 bridgehead atoms. The fourth-order valence-corrected chi connectivity index (χ4v) is 4.55. The van der Waals surface area contributed by atoms with Crippen molar-refractivity contribution in [3.05, 3.63) is 138 Å². The van der Waals surface area contributed by atoms with Gasteiger partial charge in [0.1, 0.15) is 5.69 Å². The van der Waals surface area contributed by atoms with Crippen LogP contribution in [-0.4, -0.2) is 14.1 Å². The van der Waals surface area contributed by atoms with Gasteiger partial charge in [-0.25, -0.2) is 0 Å². The van der Waals surface area contributed by atoms with E-state index < -0.39 is 0 Å². The highest BCUT2D eigenvalue weighted by Gasteiger charge is 2.50. The third kappa shape index (κ3) is 3.50. The summed E-state index contributed by atoms with van der Waals surface area (Å²) in [5.74, 6) is 0. The van der Waals surface area contributed by atoms with Gasteiger partial charge in [0.25, 0.3) is 0 Å². The Morgan fingerprint density at radius 3 is 1.34 bits per heavy atom. The third-order valence-electron chi connectivity index (χ3n) is 6.16. The highest BCUT2D eigenvalue weighted by Crippen LogP contribution is 2.45. The Bertz CT molecular complexity index is 983. The molecule has 144 valence electrons. The van der Waals surface area contributed by atoms with Crippen LogP contribution in [0.4, 0.5) is 5.69 Å². The van der Waals surface area contributed by atoms with Gasteiger partial charge in [0, 0.05) is 17.5 Å². The molecule has 0 unspecified atom stereocenters. The molecule has 0 N–H and O–H groups in total. The van der Waals surface area contributed by atoms with Crippen molar-refractivity contribution in [1.29, 1.82) is 0 Å². The molecule has 0 aliphatic carbocycles. The molecule has 0 aliphatic heterocycles. The molecule has 1 nitrogen and oxygen atoms in total. The van der Waals surface area contributed by atoms with E-state index in [1.54, 1.807) is 0 Å². The van der Waals surface area contributed by atoms with Crippen LogP contribution >= 0.6 is 0 Å². The number of hydrogen-bond acceptors (Lipinski definition) is 0. The van der Waals surface area contributed by atoms with Crippen molar-refractivity contribution in [2.24, 2.45) is 0 Å². The second kappa shape index (κ2) is 8.06. The van der Waals surface area contributed by atoms with Gasteiger partial charge in [0.05, 0.1) is 14.1 Å². The van der Waals surface area contributed by atoms with Crippen molar-refractivity contribution in [2.45, 2.75) is 12.0 Å². The molecule has 29 heavy (non-hydrogen) atoms. The first-order valence-electron chi connectivity index (χ1n) is 10.2. The van der Waals surface area contributed by atoms with E-state index in [2.05, 4.69) is 135 Å². The van der Waals surface area contributed by atoms with Crippen LogP contribution in [0.15, 0.2) is 121 Å². The van der Waals surface area contributed by atoms with Crippen LogP contribution in [0.3, 0.4) is 0 Å². The Labute approximate surface area is 174 Å². The van der Waals surface area contributed by atoms with Gasteiger partial charge in [-0.15, -0.1) is 0 Å². The van der Waals surface area contributed by atoms with E-state index in [4.69, 9.17) is 0 Å². The van der Waals surface area contributed by atoms with Crippen LogP contribution in [0, 0.1) is 0 Å². The number of hydrogen-bond donors (Lipinski definition) is 0. The first-order chi connectivity index (χ1) is 14.1. The van der Waals surface area contributed by atoms with Gasteiger partial charge in [0.2, 0.25) is 0 Å². The summed E-state index contributed by atoms with van der Waals surface area (Å²) in [7, 11) is 4.66. The molecule has 0 saturated carbocycles. The summed E-state index contributed by atoms with van der Waals surface area (Å²) in [5, 5.41) is 0. The SMILES string of the molecule is C[N+](C)(c1ccccc1)C(Cc1ccccc1)(c1ccccc1)c1ccccc1. The van der Waals surface area contributed by atoms with Gasteiger partial charge < -0.3 is 0 Å². The maximum Gasteiger partial charge on any atom is 0.159 e. The van der Waals surface area contributed by atoms with Crippen molar-refractivity contribution in [3.8, 4) is 0 Å². The largest absolute Gasteiger partial charge is 0.283 e. The lowest BCUT2D eigenvalue weighted by atomic mass is 9.75. The van der Waals surface area contributed by atoms with Crippen molar-refractivity contribution >= 4 is 5.69 Å². The van der Waals surface area contributed by atoms with Crippen LogP contribution in [-0.2, 0) is 12.0 Å². The highest BCUT2D eigenvalue weighted by molar-refractivity contribution is 5.53. The van der Waals surface area contributed by atoms with Gasteiger partial charge in [-0.05, 0) is 17.7 Å². The van der Waals surface area contributed by atoms with E-state index in [1.807, 2.05) is 0 Å². The van der Waals surface area contributed by atoms with E-state index in [1.165, 1.54) is 22.4 Å². The molecule has 4 rings (SSSR count). The van der Waals surface area contributed by atoms with Gasteiger partial charge in [-0.3, -0.25) is 4.48 Å². The second-order valence-corrected chi connectivity index (χ2v) is 8.04. The quantitative estimate of drug-likeness (QED) is 0.339. The zero-order valence-corrected chi connectivity index (χ0v) is 17.2. The fourth-order valence-electron chi connectivity index (χ4n) is 4.55. The van der Waals surface area contributed by atoms with E-state index in [-0.39, 0.29) is 5.54 Å². The summed E-state index contributed by atoms with van der Waals surface area (Å²) in [6.45, 7) is 0. The lowest BCUT2D eigenvalue weighted by Crippen LogP contribution is -2.60. The van der Waals surface area contributed by atoms with E-state index in [0.29, 0.717) is 0 Å². The zero-order valence-electron chi connectivity index (χ0n) is 17.2. The predicted octanol–water partition coefficient (Wildman–Crippen LogP) is 6.44. The summed E-state index contributed by atoms with van der Waals surface area (Å²) in [6, 6.07) is 43.6. The number of quaternary nitrogens is 1. The summed E-state index contributed by atoms with van der Waals surface area (Å²) in [4.78, 5) is 0. The van der Waals surface area contributed by atoms with E-state index >= 15 is 0 Å². The monoisotopic (exact) mass is 378 g/mol. The average molecular weight is 379 g/mol. The molecular formula is C28H28N+. The first-order valence-corrected chi connectivity index (χ1v) is 10.2. The predicted molar refractivity (Wildman–Crippen MR) is 124 cm³/mol. The van der Waals surface area contributed by atoms with Gasteiger partial charge in [-0.1, -0.05) is 109 Å². The van der Waals surface area contributed by atoms with Crippen LogP contribution in [0.2, 0.25) is 0 Å². The lowest BCUT2D eigenvalue weighted by Gasteiger charge is -2.49. The smallest absolute Gasteiger partial charge is 0.159 e. The van der Waals surface area contributed by atoms with Crippen molar-refractivity contribution in [2.75, 3.05) is 14.1 Å². The second-order valence-electron chi connectivity index (χ2n) is 8.04. The Morgan fingerprint density at radius 2 is 0.897 bits per heavy atom. The summed E-state index contributed by atoms with van der Waals surface area (Å²) in [6.07, 6.45) is 0.907. The Balaban J connectivity index is 2.03. The molecule has 0 aromatic heterocycles. The van der Waals surface area contributed by atoms with E-state index in [0.717, 1.165) is 10.9 Å². The molecule has 4 aromatic carbocycles. The molecule has 1 heteroatoms. The minimum Gasteiger partial charge on any atom is -0.283 e. The Kier molecular flexibility index (Phi) is 5.33. The van der Waals surface area contributed by atoms with Crippen LogP contribution in [0.5, 0.6) is 0 Å². The molecule has 0 radical (unpaired) electrons. The van der Waals surface area contributed by atoms with Crippen molar-refractivity contribution in [3.63, 3.8) is 0 Å². The first kappa shape index (κ1) is 19.2. The number of para-hydroxylation sites is 1. The number of benzene rings is 4. The number of rotatable bonds is 6. The molecule has 0 fully saturated rings. The molecule has 0 heterocycles. The molecule has 0 atom stereocenters. The van der Waals surface area contributed by atoms with Gasteiger partial charge in [-0.2, -0.15) is 0 Å². The Hall–Kier alpha value is -3.16. The maximum atomic E-state index is 2.33. The summed E-state index contributed by atoms with van der Waals surface area (Å²) >= 11 is 0. The fraction of sp³-hybridized carbons (Fsp3) is 0.143. The summed E-state index contributed by atoms with van der Waals surface area (Å²) < 4.78 is 0.719. The maximum absolute atomic E-state index is 2.33. The zero-order chi connectivity index (χ0) is 20.2. The standard InChI is InChI=1S/C28H28N/c1-29(2,27-21-13-6-14-22-27)28(25-17-9-4-10-18-25,26-19-11-5-12-20-26)23-24-15-7-3-8-16-24/h3-22H,23H2,1-2H3/q+1. The molecule has 0 amide bonds. The van der Waals surface area contributed by atoms with Crippen LogP contribution in [0.25, 0.3) is 0 Å². The van der Waals surface area contributed by atoms with E-state index in [9.17, 15) is 0 Å². The minimum absolute atomic E-state index is 0.273. The third-order valence-corrected chi connectivity index (χ3v) is 6.16. The number of nitrogens with zero attached hydrogens (tertiary/aromatic N) is 1. The van der Waals surface area contributed by atoms with Crippen LogP contribution < -0.4 is 4.48 Å². The molecule has 0 spiro atoms. The number of likely N-dealkylation sites (N-methyl/N-ethyl adjacent to an activating group) is 1. The van der Waals surface area contributed by atoms with Gasteiger partial charge >= 0.3 is 0 Å². The van der Waals surface area contributed by atoms with Crippen molar-refractivity contribution in [1.82, 2.24) is 4.48 Å². The van der Waals surface area contributed by atoms with Crippen LogP contribution in [0.1, 0.15) is 16.7 Å². The van der Waals surface area contributed by atoms with Gasteiger partial charge in [0.15, 0.2) is 5.54 Å². The van der Waals surface area contributed by atoms with Crippen molar-refractivity contribution < 1.29 is 0 Å². The summed E-state index contributed by atoms with van der Waals surface area (Å²) in [5.41, 5.74) is 5.00.